The minimum Gasteiger partial charge on any atom is -0.496 e. The third-order valence-corrected chi connectivity index (χ3v) is 3.11. The van der Waals surface area contributed by atoms with E-state index in [1.165, 1.54) is 18.9 Å². The summed E-state index contributed by atoms with van der Waals surface area (Å²) in [6, 6.07) is 7.76. The average Bonchev–Trinajstić information content (AvgIpc) is 2.38. The van der Waals surface area contributed by atoms with Gasteiger partial charge < -0.3 is 9.47 Å². The molecule has 5 nitrogen and oxygen atoms in total. The van der Waals surface area contributed by atoms with E-state index < -0.39 is 0 Å². The van der Waals surface area contributed by atoms with Crippen molar-refractivity contribution in [2.75, 3.05) is 14.2 Å². The van der Waals surface area contributed by atoms with Crippen molar-refractivity contribution in [1.82, 2.24) is 15.0 Å². The van der Waals surface area contributed by atoms with Gasteiger partial charge in [0.25, 0.3) is 0 Å². The molecule has 0 N–H and O–H groups in total. The van der Waals surface area contributed by atoms with Gasteiger partial charge >= 0.3 is 6.01 Å². The summed E-state index contributed by atoms with van der Waals surface area (Å²) in [5.41, 5.74) is 0. The lowest BCUT2D eigenvalue weighted by molar-refractivity contribution is 0.372. The van der Waals surface area contributed by atoms with Crippen LogP contribution < -0.4 is 9.47 Å². The van der Waals surface area contributed by atoms with Crippen LogP contribution in [0.4, 0.5) is 0 Å². The van der Waals surface area contributed by atoms with Crippen molar-refractivity contribution < 1.29 is 9.47 Å². The fourth-order valence-electron chi connectivity index (χ4n) is 1.25. The monoisotopic (exact) mass is 283 g/mol. The molecule has 1 aromatic heterocycles. The van der Waals surface area contributed by atoms with Crippen LogP contribution in [0.3, 0.4) is 0 Å². The minimum atomic E-state index is 0.0965. The lowest BCUT2D eigenvalue weighted by Gasteiger charge is -2.07. The topological polar surface area (TPSA) is 57.1 Å². The Labute approximate surface area is 114 Å². The number of ether oxygens (including phenoxy) is 2. The van der Waals surface area contributed by atoms with Crippen LogP contribution in [0.25, 0.3) is 0 Å². The molecule has 0 aliphatic heterocycles. The number of hydrogen-bond donors (Lipinski definition) is 0. The number of hydrogen-bond acceptors (Lipinski definition) is 6. The van der Waals surface area contributed by atoms with Crippen molar-refractivity contribution in [3.8, 4) is 11.8 Å². The molecule has 0 aliphatic rings. The van der Waals surface area contributed by atoms with Crippen LogP contribution in [-0.4, -0.2) is 29.2 Å². The average molecular weight is 284 g/mol. The van der Waals surface area contributed by atoms with E-state index >= 15 is 0 Å². The van der Waals surface area contributed by atoms with Gasteiger partial charge in [-0.05, 0) is 35.5 Å². The Hall–Kier alpha value is -1.53. The van der Waals surface area contributed by atoms with Crippen LogP contribution in [0.1, 0.15) is 0 Å². The first kappa shape index (κ1) is 12.9. The zero-order valence-electron chi connectivity index (χ0n) is 9.75. The maximum absolute atomic E-state index is 5.78. The molecule has 0 saturated carbocycles. The number of benzene rings is 1. The Bertz CT molecular complexity index is 554. The van der Waals surface area contributed by atoms with Gasteiger partial charge in [0.2, 0.25) is 5.28 Å². The van der Waals surface area contributed by atoms with Gasteiger partial charge in [-0.15, -0.1) is 0 Å². The van der Waals surface area contributed by atoms with Gasteiger partial charge in [-0.3, -0.25) is 0 Å². The van der Waals surface area contributed by atoms with E-state index in [9.17, 15) is 0 Å². The van der Waals surface area contributed by atoms with Crippen molar-refractivity contribution in [3.05, 3.63) is 29.5 Å². The molecule has 2 aromatic rings. The molecule has 1 heterocycles. The highest BCUT2D eigenvalue weighted by Gasteiger charge is 2.09. The first-order chi connectivity index (χ1) is 8.72. The molecular formula is C11H10ClN3O2S. The largest absolute Gasteiger partial charge is 0.496 e. The first-order valence-corrected chi connectivity index (χ1v) is 6.19. The molecule has 0 saturated heterocycles. The van der Waals surface area contributed by atoms with Crippen molar-refractivity contribution in [3.63, 3.8) is 0 Å². The first-order valence-electron chi connectivity index (χ1n) is 4.99. The predicted molar refractivity (Wildman–Crippen MR) is 68.5 cm³/mol. The highest BCUT2D eigenvalue weighted by atomic mass is 35.5. The van der Waals surface area contributed by atoms with Gasteiger partial charge in [0, 0.05) is 0 Å². The molecule has 0 aliphatic carbocycles. The van der Waals surface area contributed by atoms with E-state index in [2.05, 4.69) is 15.0 Å². The standard InChI is InChI=1S/C11H10ClN3O2S/c1-16-7-5-3-4-6-8(7)18-11-14-9(12)13-10(15-11)17-2/h3-6H,1-2H3. The lowest BCUT2D eigenvalue weighted by Crippen LogP contribution is -1.97. The van der Waals surface area contributed by atoms with Crippen LogP contribution in [0.15, 0.2) is 34.3 Å². The van der Waals surface area contributed by atoms with Crippen LogP contribution in [0.5, 0.6) is 11.8 Å². The van der Waals surface area contributed by atoms with Crippen LogP contribution in [0.2, 0.25) is 5.28 Å². The van der Waals surface area contributed by atoms with Gasteiger partial charge in [0.15, 0.2) is 5.16 Å². The number of rotatable bonds is 4. The second-order valence-electron chi connectivity index (χ2n) is 3.13. The second kappa shape index (κ2) is 5.88. The second-order valence-corrected chi connectivity index (χ2v) is 4.47. The van der Waals surface area contributed by atoms with Gasteiger partial charge in [0.05, 0.1) is 19.1 Å². The summed E-state index contributed by atoms with van der Waals surface area (Å²) in [7, 11) is 3.09. The van der Waals surface area contributed by atoms with E-state index in [-0.39, 0.29) is 11.3 Å². The van der Waals surface area contributed by atoms with Crippen LogP contribution >= 0.6 is 23.4 Å². The van der Waals surface area contributed by atoms with Crippen molar-refractivity contribution in [2.45, 2.75) is 10.1 Å². The number of methoxy groups -OCH3 is 2. The fourth-order valence-corrected chi connectivity index (χ4v) is 2.31. The molecule has 94 valence electrons. The summed E-state index contributed by atoms with van der Waals surface area (Å²) in [6.45, 7) is 0. The molecule has 0 atom stereocenters. The molecule has 0 bridgehead atoms. The molecular weight excluding hydrogens is 274 g/mol. The van der Waals surface area contributed by atoms with Crippen molar-refractivity contribution in [1.29, 1.82) is 0 Å². The summed E-state index contributed by atoms with van der Waals surface area (Å²) >= 11 is 7.11. The van der Waals surface area contributed by atoms with Gasteiger partial charge in [-0.25, -0.2) is 0 Å². The third-order valence-electron chi connectivity index (χ3n) is 2.02. The maximum Gasteiger partial charge on any atom is 0.321 e. The predicted octanol–water partition coefficient (Wildman–Crippen LogP) is 2.69. The van der Waals surface area contributed by atoms with Crippen LogP contribution in [0, 0.1) is 0 Å². The number of halogens is 1. The van der Waals surface area contributed by atoms with E-state index in [1.54, 1.807) is 7.11 Å². The molecule has 0 radical (unpaired) electrons. The zero-order valence-corrected chi connectivity index (χ0v) is 11.3. The number of para-hydroxylation sites is 1. The van der Waals surface area contributed by atoms with E-state index in [0.29, 0.717) is 5.16 Å². The minimum absolute atomic E-state index is 0.0965. The Morgan fingerprint density at radius 3 is 2.56 bits per heavy atom. The molecule has 0 amide bonds. The van der Waals surface area contributed by atoms with E-state index in [4.69, 9.17) is 21.1 Å². The summed E-state index contributed by atoms with van der Waals surface area (Å²) in [6.07, 6.45) is 0. The van der Waals surface area contributed by atoms with Crippen LogP contribution in [-0.2, 0) is 0 Å². The molecule has 0 spiro atoms. The van der Waals surface area contributed by atoms with Crippen molar-refractivity contribution >= 4 is 23.4 Å². The molecule has 1 aromatic carbocycles. The summed E-state index contributed by atoms with van der Waals surface area (Å²) in [5.74, 6) is 0.748. The Morgan fingerprint density at radius 1 is 1.06 bits per heavy atom. The Balaban J connectivity index is 2.30. The highest BCUT2D eigenvalue weighted by Crippen LogP contribution is 2.33. The Morgan fingerprint density at radius 2 is 1.83 bits per heavy atom. The highest BCUT2D eigenvalue weighted by molar-refractivity contribution is 7.99. The molecule has 0 unspecified atom stereocenters. The summed E-state index contributed by atoms with van der Waals surface area (Å²) in [5, 5.41) is 0.551. The van der Waals surface area contributed by atoms with E-state index in [0.717, 1.165) is 10.6 Å². The molecule has 7 heteroatoms. The zero-order chi connectivity index (χ0) is 13.0. The molecule has 0 fully saturated rings. The number of nitrogens with zero attached hydrogens (tertiary/aromatic N) is 3. The van der Waals surface area contributed by atoms with Crippen molar-refractivity contribution in [2.24, 2.45) is 0 Å². The lowest BCUT2D eigenvalue weighted by atomic mass is 10.3. The smallest absolute Gasteiger partial charge is 0.321 e. The SMILES string of the molecule is COc1nc(Cl)nc(Sc2ccccc2OC)n1. The summed E-state index contributed by atoms with van der Waals surface area (Å²) in [4.78, 5) is 12.8. The quantitative estimate of drug-likeness (QED) is 0.860. The fraction of sp³-hybridized carbons (Fsp3) is 0.182. The molecule has 18 heavy (non-hydrogen) atoms. The normalized spacial score (nSPS) is 10.2. The Kier molecular flexibility index (Phi) is 4.22. The van der Waals surface area contributed by atoms with Gasteiger partial charge in [0.1, 0.15) is 5.75 Å². The third kappa shape index (κ3) is 3.02. The number of aromatic nitrogens is 3. The molecule has 2 rings (SSSR count). The maximum atomic E-state index is 5.78. The van der Waals surface area contributed by atoms with E-state index in [1.807, 2.05) is 24.3 Å². The summed E-state index contributed by atoms with van der Waals surface area (Å²) < 4.78 is 10.2. The van der Waals surface area contributed by atoms with Gasteiger partial charge in [-0.2, -0.15) is 15.0 Å². The van der Waals surface area contributed by atoms with Gasteiger partial charge in [-0.1, -0.05) is 12.1 Å².